The fourth-order valence-corrected chi connectivity index (χ4v) is 1.21. The molecule has 1 aliphatic rings. The molecular weight excluding hydrogens is 235 g/mol. The van der Waals surface area contributed by atoms with Crippen LogP contribution in [0.5, 0.6) is 0 Å². The van der Waals surface area contributed by atoms with E-state index in [1.165, 1.54) is 18.2 Å². The lowest BCUT2D eigenvalue weighted by atomic mass is 10.2. The molecule has 0 atom stereocenters. The Morgan fingerprint density at radius 2 is 2.25 bits per heavy atom. The fourth-order valence-electron chi connectivity index (χ4n) is 1.21. The average Bonchev–Trinajstić information content (AvgIpc) is 2.11. The Balaban J connectivity index is 0.00000128. The third-order valence-corrected chi connectivity index (χ3v) is 2.09. The van der Waals surface area contributed by atoms with Crippen LogP contribution in [0.15, 0.2) is 24.3 Å². The third-order valence-electron chi connectivity index (χ3n) is 2.09. The topological polar surface area (TPSA) is 50.4 Å². The molecule has 0 saturated carbocycles. The minimum Gasteiger partial charge on any atom is -0.443 e. The standard InChI is InChI=1S/C10H11FN2O2.ClH/c11-7-2-1-3-8(4-7)13-10(14)15-9-5-12-6-9;/h1-4,9,12H,5-6H2,(H,13,14);1H. The van der Waals surface area contributed by atoms with Crippen molar-refractivity contribution in [1.29, 1.82) is 0 Å². The molecule has 16 heavy (non-hydrogen) atoms. The highest BCUT2D eigenvalue weighted by molar-refractivity contribution is 5.85. The van der Waals surface area contributed by atoms with Gasteiger partial charge in [0.25, 0.3) is 0 Å². The number of benzene rings is 1. The Kier molecular flexibility index (Phi) is 4.52. The van der Waals surface area contributed by atoms with E-state index in [-0.39, 0.29) is 18.5 Å². The molecule has 1 fully saturated rings. The van der Waals surface area contributed by atoms with Crippen molar-refractivity contribution in [3.63, 3.8) is 0 Å². The zero-order valence-electron chi connectivity index (χ0n) is 8.40. The molecule has 2 N–H and O–H groups in total. The van der Waals surface area contributed by atoms with E-state index in [0.29, 0.717) is 18.8 Å². The van der Waals surface area contributed by atoms with Crippen LogP contribution in [0.4, 0.5) is 14.9 Å². The SMILES string of the molecule is Cl.O=C(Nc1cccc(F)c1)OC1CNC1. The van der Waals surface area contributed by atoms with Gasteiger partial charge >= 0.3 is 6.09 Å². The Labute approximate surface area is 98.6 Å². The van der Waals surface area contributed by atoms with Crippen LogP contribution in [-0.2, 0) is 4.74 Å². The number of hydrogen-bond acceptors (Lipinski definition) is 3. The van der Waals surface area contributed by atoms with Gasteiger partial charge in [-0.3, -0.25) is 5.32 Å². The average molecular weight is 247 g/mol. The van der Waals surface area contributed by atoms with Crippen LogP contribution < -0.4 is 10.6 Å². The highest BCUT2D eigenvalue weighted by atomic mass is 35.5. The molecule has 88 valence electrons. The quantitative estimate of drug-likeness (QED) is 0.836. The summed E-state index contributed by atoms with van der Waals surface area (Å²) in [6.45, 7) is 1.35. The van der Waals surface area contributed by atoms with Gasteiger partial charge in [0.1, 0.15) is 11.9 Å². The van der Waals surface area contributed by atoms with Gasteiger partial charge in [-0.1, -0.05) is 6.07 Å². The van der Waals surface area contributed by atoms with E-state index < -0.39 is 11.9 Å². The Morgan fingerprint density at radius 1 is 1.50 bits per heavy atom. The fraction of sp³-hybridized carbons (Fsp3) is 0.300. The number of carbonyl (C=O) groups is 1. The van der Waals surface area contributed by atoms with Crippen molar-refractivity contribution in [1.82, 2.24) is 5.32 Å². The first-order valence-corrected chi connectivity index (χ1v) is 4.68. The number of amides is 1. The second-order valence-corrected chi connectivity index (χ2v) is 3.32. The number of halogens is 2. The molecule has 1 aliphatic heterocycles. The summed E-state index contributed by atoms with van der Waals surface area (Å²) in [5.74, 6) is -0.391. The van der Waals surface area contributed by atoms with E-state index in [0.717, 1.165) is 0 Å². The number of nitrogens with one attached hydrogen (secondary N) is 2. The zero-order valence-corrected chi connectivity index (χ0v) is 9.22. The van der Waals surface area contributed by atoms with Crippen LogP contribution in [0, 0.1) is 5.82 Å². The maximum absolute atomic E-state index is 12.8. The predicted octanol–water partition coefficient (Wildman–Crippen LogP) is 1.77. The maximum atomic E-state index is 12.8. The Morgan fingerprint density at radius 3 is 2.81 bits per heavy atom. The number of carbonyl (C=O) groups excluding carboxylic acids is 1. The molecule has 6 heteroatoms. The molecule has 1 amide bonds. The first-order chi connectivity index (χ1) is 7.24. The molecular formula is C10H12ClFN2O2. The van der Waals surface area contributed by atoms with Crippen molar-refractivity contribution < 1.29 is 13.9 Å². The van der Waals surface area contributed by atoms with Gasteiger partial charge in [0, 0.05) is 18.8 Å². The lowest BCUT2D eigenvalue weighted by molar-refractivity contribution is 0.0778. The molecule has 1 aromatic carbocycles. The van der Waals surface area contributed by atoms with Gasteiger partial charge in [-0.25, -0.2) is 9.18 Å². The van der Waals surface area contributed by atoms with Gasteiger partial charge in [0.2, 0.25) is 0 Å². The highest BCUT2D eigenvalue weighted by Gasteiger charge is 2.20. The molecule has 1 heterocycles. The van der Waals surface area contributed by atoms with Crippen molar-refractivity contribution >= 4 is 24.2 Å². The Hall–Kier alpha value is -1.33. The van der Waals surface area contributed by atoms with Crippen molar-refractivity contribution in [2.75, 3.05) is 18.4 Å². The van der Waals surface area contributed by atoms with E-state index in [1.807, 2.05) is 0 Å². The zero-order chi connectivity index (χ0) is 10.7. The summed E-state index contributed by atoms with van der Waals surface area (Å²) in [5, 5.41) is 5.43. The van der Waals surface area contributed by atoms with Crippen LogP contribution in [0.25, 0.3) is 0 Å². The first kappa shape index (κ1) is 12.7. The molecule has 0 aromatic heterocycles. The van der Waals surface area contributed by atoms with Crippen LogP contribution >= 0.6 is 12.4 Å². The largest absolute Gasteiger partial charge is 0.443 e. The number of rotatable bonds is 2. The molecule has 0 radical (unpaired) electrons. The van der Waals surface area contributed by atoms with Gasteiger partial charge in [-0.05, 0) is 18.2 Å². The predicted molar refractivity (Wildman–Crippen MR) is 60.4 cm³/mol. The van der Waals surface area contributed by atoms with E-state index >= 15 is 0 Å². The summed E-state index contributed by atoms with van der Waals surface area (Å²) < 4.78 is 17.8. The summed E-state index contributed by atoms with van der Waals surface area (Å²) in [7, 11) is 0. The molecule has 0 aliphatic carbocycles. The Bertz CT molecular complexity index is 372. The normalized spacial score (nSPS) is 14.6. The van der Waals surface area contributed by atoms with E-state index in [1.54, 1.807) is 6.07 Å². The second kappa shape index (κ2) is 5.67. The van der Waals surface area contributed by atoms with Crippen molar-refractivity contribution in [3.8, 4) is 0 Å². The highest BCUT2D eigenvalue weighted by Crippen LogP contribution is 2.10. The van der Waals surface area contributed by atoms with Crippen molar-refractivity contribution in [2.24, 2.45) is 0 Å². The monoisotopic (exact) mass is 246 g/mol. The maximum Gasteiger partial charge on any atom is 0.411 e. The molecule has 1 saturated heterocycles. The molecule has 0 spiro atoms. The first-order valence-electron chi connectivity index (χ1n) is 4.68. The van der Waals surface area contributed by atoms with Crippen LogP contribution in [0.3, 0.4) is 0 Å². The minimum atomic E-state index is -0.549. The van der Waals surface area contributed by atoms with E-state index in [9.17, 15) is 9.18 Å². The summed E-state index contributed by atoms with van der Waals surface area (Å²) in [5.41, 5.74) is 0.396. The van der Waals surface area contributed by atoms with Crippen molar-refractivity contribution in [2.45, 2.75) is 6.10 Å². The number of ether oxygens (including phenoxy) is 1. The molecule has 1 aromatic rings. The van der Waals surface area contributed by atoms with Crippen LogP contribution in [0.1, 0.15) is 0 Å². The van der Waals surface area contributed by atoms with E-state index in [4.69, 9.17) is 4.74 Å². The minimum absolute atomic E-state index is 0. The molecule has 4 nitrogen and oxygen atoms in total. The lowest BCUT2D eigenvalue weighted by Gasteiger charge is -2.26. The second-order valence-electron chi connectivity index (χ2n) is 3.32. The van der Waals surface area contributed by atoms with Crippen molar-refractivity contribution in [3.05, 3.63) is 30.1 Å². The van der Waals surface area contributed by atoms with Gasteiger partial charge in [-0.15, -0.1) is 12.4 Å². The summed E-state index contributed by atoms with van der Waals surface area (Å²) >= 11 is 0. The van der Waals surface area contributed by atoms with Gasteiger partial charge in [0.05, 0.1) is 0 Å². The van der Waals surface area contributed by atoms with Crippen LogP contribution in [-0.4, -0.2) is 25.3 Å². The van der Waals surface area contributed by atoms with Crippen LogP contribution in [0.2, 0.25) is 0 Å². The smallest absolute Gasteiger partial charge is 0.411 e. The lowest BCUT2D eigenvalue weighted by Crippen LogP contribution is -2.49. The summed E-state index contributed by atoms with van der Waals surface area (Å²) in [6, 6.07) is 5.67. The van der Waals surface area contributed by atoms with Gasteiger partial charge < -0.3 is 10.1 Å². The molecule has 2 rings (SSSR count). The third kappa shape index (κ3) is 3.36. The number of anilines is 1. The van der Waals surface area contributed by atoms with Gasteiger partial charge in [0.15, 0.2) is 0 Å². The van der Waals surface area contributed by atoms with Gasteiger partial charge in [-0.2, -0.15) is 0 Å². The molecule has 0 unspecified atom stereocenters. The summed E-state index contributed by atoms with van der Waals surface area (Å²) in [4.78, 5) is 11.2. The molecule has 0 bridgehead atoms. The number of hydrogen-bond donors (Lipinski definition) is 2. The van der Waals surface area contributed by atoms with E-state index in [2.05, 4.69) is 10.6 Å². The summed E-state index contributed by atoms with van der Waals surface area (Å²) in [6.07, 6.45) is -0.620.